The summed E-state index contributed by atoms with van der Waals surface area (Å²) >= 11 is 0. The molecule has 0 saturated heterocycles. The fourth-order valence-electron chi connectivity index (χ4n) is 0.903. The zero-order chi connectivity index (χ0) is 15.1. The molecule has 19 heavy (non-hydrogen) atoms. The van der Waals surface area contributed by atoms with E-state index in [1.54, 1.807) is 0 Å². The van der Waals surface area contributed by atoms with Gasteiger partial charge in [-0.05, 0) is 0 Å². The quantitative estimate of drug-likeness (QED) is 0.294. The van der Waals surface area contributed by atoms with Crippen molar-refractivity contribution in [3.8, 4) is 17.2 Å². The second-order valence-electron chi connectivity index (χ2n) is 3.66. The Bertz CT molecular complexity index is 359. The Morgan fingerprint density at radius 1 is 0.895 bits per heavy atom. The Morgan fingerprint density at radius 2 is 1.16 bits per heavy atom. The summed E-state index contributed by atoms with van der Waals surface area (Å²) in [6.45, 7) is -2.60. The molecule has 1 rings (SSSR count). The third kappa shape index (κ3) is 4.95. The van der Waals surface area contributed by atoms with Gasteiger partial charge in [0.2, 0.25) is 0 Å². The predicted molar refractivity (Wildman–Crippen MR) is 62.4 cm³/mol. The molecule has 0 radical (unpaired) electrons. The summed E-state index contributed by atoms with van der Waals surface area (Å²) in [6, 6.07) is 3.42. The molecule has 0 amide bonds. The van der Waals surface area contributed by atoms with E-state index < -0.39 is 30.3 Å². The first kappa shape index (κ1) is 16.9. The van der Waals surface area contributed by atoms with Crippen LogP contribution in [0.1, 0.15) is 0 Å². The number of hydrogen-bond acceptors (Lipinski definition) is 8. The van der Waals surface area contributed by atoms with E-state index in [2.05, 4.69) is 0 Å². The Balaban J connectivity index is 0.000000342. The van der Waals surface area contributed by atoms with Crippen molar-refractivity contribution >= 4 is 0 Å². The van der Waals surface area contributed by atoms with Crippen LogP contribution in [0, 0.1) is 10.1 Å². The summed E-state index contributed by atoms with van der Waals surface area (Å²) in [4.78, 5) is 9.14. The van der Waals surface area contributed by atoms with Gasteiger partial charge in [0.25, 0.3) is 5.54 Å². The van der Waals surface area contributed by atoms with Crippen molar-refractivity contribution in [2.75, 3.05) is 19.8 Å². The van der Waals surface area contributed by atoms with E-state index in [4.69, 9.17) is 30.6 Å². The largest absolute Gasteiger partial charge is 0.508 e. The van der Waals surface area contributed by atoms with Crippen molar-refractivity contribution in [3.05, 3.63) is 28.3 Å². The number of nitro groups is 1. The van der Waals surface area contributed by atoms with E-state index in [0.717, 1.165) is 18.2 Å². The lowest BCUT2D eigenvalue weighted by molar-refractivity contribution is -0.580. The number of phenols is 3. The molecule has 0 aromatic heterocycles. The monoisotopic (exact) mass is 277 g/mol. The van der Waals surface area contributed by atoms with Crippen LogP contribution in [-0.2, 0) is 0 Å². The van der Waals surface area contributed by atoms with Crippen LogP contribution in [0.5, 0.6) is 17.2 Å². The van der Waals surface area contributed by atoms with E-state index >= 15 is 0 Å². The van der Waals surface area contributed by atoms with Crippen molar-refractivity contribution in [3.63, 3.8) is 0 Å². The fourth-order valence-corrected chi connectivity index (χ4v) is 0.903. The molecular formula is C10H15NO8. The minimum Gasteiger partial charge on any atom is -0.508 e. The average Bonchev–Trinajstić information content (AvgIpc) is 2.30. The molecule has 0 aliphatic carbocycles. The lowest BCUT2D eigenvalue weighted by Crippen LogP contribution is -2.49. The Kier molecular flexibility index (Phi) is 6.55. The molecular weight excluding hydrogens is 262 g/mol. The lowest BCUT2D eigenvalue weighted by Gasteiger charge is -2.16. The van der Waals surface area contributed by atoms with Crippen molar-refractivity contribution in [2.24, 2.45) is 0 Å². The molecule has 0 atom stereocenters. The van der Waals surface area contributed by atoms with Gasteiger partial charge in [-0.15, -0.1) is 0 Å². The molecule has 0 saturated carbocycles. The second-order valence-corrected chi connectivity index (χ2v) is 3.66. The van der Waals surface area contributed by atoms with Gasteiger partial charge >= 0.3 is 0 Å². The standard InChI is InChI=1S/C6H6O3.C4H9NO5/c7-4-1-5(8)3-6(9)2-4;6-1-4(2-7,3-8)5(9)10/h1-3,7-9H;6-8H,1-3H2. The van der Waals surface area contributed by atoms with E-state index in [-0.39, 0.29) is 17.2 Å². The minimum atomic E-state index is -1.99. The van der Waals surface area contributed by atoms with Crippen molar-refractivity contribution in [1.29, 1.82) is 0 Å². The molecule has 0 unspecified atom stereocenters. The molecule has 9 heteroatoms. The van der Waals surface area contributed by atoms with Gasteiger partial charge in [-0.25, -0.2) is 0 Å². The Morgan fingerprint density at radius 3 is 1.26 bits per heavy atom. The smallest absolute Gasteiger partial charge is 0.289 e. The van der Waals surface area contributed by atoms with Crippen LogP contribution in [0.2, 0.25) is 0 Å². The zero-order valence-electron chi connectivity index (χ0n) is 9.80. The van der Waals surface area contributed by atoms with Crippen LogP contribution in [0.15, 0.2) is 18.2 Å². The van der Waals surface area contributed by atoms with E-state index in [0.29, 0.717) is 0 Å². The zero-order valence-corrected chi connectivity index (χ0v) is 9.80. The van der Waals surface area contributed by atoms with Crippen LogP contribution in [-0.4, -0.2) is 60.9 Å². The van der Waals surface area contributed by atoms with Gasteiger partial charge in [0.05, 0.1) is 0 Å². The first-order valence-electron chi connectivity index (χ1n) is 5.00. The van der Waals surface area contributed by atoms with E-state index in [9.17, 15) is 10.1 Å². The predicted octanol–water partition coefficient (Wildman–Crippen LogP) is -1.22. The topological polar surface area (TPSA) is 165 Å². The van der Waals surface area contributed by atoms with Gasteiger partial charge in [-0.3, -0.25) is 10.1 Å². The number of benzene rings is 1. The summed E-state index contributed by atoms with van der Waals surface area (Å²) in [5.74, 6) is -0.437. The molecule has 0 aliphatic heterocycles. The average molecular weight is 277 g/mol. The number of aliphatic hydroxyl groups excluding tert-OH is 3. The first-order chi connectivity index (χ1) is 8.81. The highest BCUT2D eigenvalue weighted by Gasteiger charge is 2.41. The van der Waals surface area contributed by atoms with Gasteiger partial charge < -0.3 is 30.6 Å². The molecule has 1 aromatic carbocycles. The van der Waals surface area contributed by atoms with Crippen LogP contribution in [0.4, 0.5) is 0 Å². The highest BCUT2D eigenvalue weighted by atomic mass is 16.6. The number of aromatic hydroxyl groups is 3. The third-order valence-corrected chi connectivity index (χ3v) is 2.16. The number of aliphatic hydroxyl groups is 3. The molecule has 0 aliphatic rings. The molecule has 1 aromatic rings. The van der Waals surface area contributed by atoms with Crippen LogP contribution >= 0.6 is 0 Å². The molecule has 108 valence electrons. The molecule has 0 spiro atoms. The van der Waals surface area contributed by atoms with Gasteiger partial charge in [-0.1, -0.05) is 0 Å². The Hall–Kier alpha value is -2.10. The maximum atomic E-state index is 10.0. The maximum absolute atomic E-state index is 10.0. The van der Waals surface area contributed by atoms with Crippen molar-refractivity contribution in [1.82, 2.24) is 0 Å². The minimum absolute atomic E-state index is 0.146. The number of hydrogen-bond donors (Lipinski definition) is 6. The van der Waals surface area contributed by atoms with Gasteiger partial charge in [0.15, 0.2) is 0 Å². The lowest BCUT2D eigenvalue weighted by atomic mass is 10.1. The highest BCUT2D eigenvalue weighted by Crippen LogP contribution is 2.23. The van der Waals surface area contributed by atoms with Crippen molar-refractivity contribution < 1.29 is 35.6 Å². The summed E-state index contributed by atoms with van der Waals surface area (Å²) < 4.78 is 0. The van der Waals surface area contributed by atoms with E-state index in [1.165, 1.54) is 0 Å². The second kappa shape index (κ2) is 7.36. The number of phenolic OH excluding ortho intramolecular Hbond substituents is 3. The molecule has 0 bridgehead atoms. The number of nitrogens with zero attached hydrogens (tertiary/aromatic N) is 1. The first-order valence-corrected chi connectivity index (χ1v) is 5.00. The summed E-state index contributed by atoms with van der Waals surface area (Å²) in [5, 5.41) is 61.2. The van der Waals surface area contributed by atoms with Crippen LogP contribution < -0.4 is 0 Å². The van der Waals surface area contributed by atoms with Crippen molar-refractivity contribution in [2.45, 2.75) is 5.54 Å². The molecule has 0 fully saturated rings. The summed E-state index contributed by atoms with van der Waals surface area (Å²) in [5.41, 5.74) is -1.99. The molecule has 6 N–H and O–H groups in total. The van der Waals surface area contributed by atoms with Gasteiger partial charge in [0.1, 0.15) is 37.1 Å². The molecule has 9 nitrogen and oxygen atoms in total. The van der Waals surface area contributed by atoms with Crippen LogP contribution in [0.25, 0.3) is 0 Å². The summed E-state index contributed by atoms with van der Waals surface area (Å²) in [6.07, 6.45) is 0. The van der Waals surface area contributed by atoms with Gasteiger partial charge in [-0.2, -0.15) is 0 Å². The van der Waals surface area contributed by atoms with Crippen LogP contribution in [0.3, 0.4) is 0 Å². The van der Waals surface area contributed by atoms with E-state index in [1.807, 2.05) is 0 Å². The number of rotatable bonds is 4. The normalized spacial score (nSPS) is 10.5. The third-order valence-electron chi connectivity index (χ3n) is 2.16. The maximum Gasteiger partial charge on any atom is 0.289 e. The molecule has 0 heterocycles. The van der Waals surface area contributed by atoms with Gasteiger partial charge in [0, 0.05) is 23.1 Å². The fraction of sp³-hybridized carbons (Fsp3) is 0.400. The Labute approximate surface area is 107 Å². The SMILES string of the molecule is O=[N+]([O-])C(CO)(CO)CO.Oc1cc(O)cc(O)c1. The summed E-state index contributed by atoms with van der Waals surface area (Å²) in [7, 11) is 0. The highest BCUT2D eigenvalue weighted by molar-refractivity contribution is 5.39.